The van der Waals surface area contributed by atoms with Crippen LogP contribution in [0.1, 0.15) is 23.6 Å². The Labute approximate surface area is 265 Å². The standard InChI is InChI=1S/C19H17Cl2N3O3.C8Cl4N2/c1-13-9-25-19(27-13,10-24-12-22-11-23-24)17-7-6-16(8-18(17)21)26-15-4-2-14(20)3-5-15;9-5-3(1-13)6(10)8(12)7(11)4(5)2-14/h2-8,11-13H,9-10H2,1H3;. The second kappa shape index (κ2) is 13.5. The number of halogens is 6. The first-order chi connectivity index (χ1) is 19.6. The van der Waals surface area contributed by atoms with Crippen molar-refractivity contribution in [3.63, 3.8) is 0 Å². The lowest BCUT2D eigenvalue weighted by Gasteiger charge is -2.29. The third kappa shape index (κ3) is 7.01. The molecule has 210 valence electrons. The van der Waals surface area contributed by atoms with Crippen LogP contribution in [0.15, 0.2) is 55.1 Å². The zero-order valence-electron chi connectivity index (χ0n) is 20.9. The summed E-state index contributed by atoms with van der Waals surface area (Å²) >= 11 is 35.3. The van der Waals surface area contributed by atoms with Crippen LogP contribution in [0.5, 0.6) is 11.5 Å². The van der Waals surface area contributed by atoms with E-state index in [1.165, 1.54) is 6.33 Å². The number of aromatic nitrogens is 3. The molecule has 1 fully saturated rings. The third-order valence-electron chi connectivity index (χ3n) is 5.67. The van der Waals surface area contributed by atoms with Gasteiger partial charge < -0.3 is 14.2 Å². The predicted molar refractivity (Wildman–Crippen MR) is 157 cm³/mol. The van der Waals surface area contributed by atoms with Gasteiger partial charge in [-0.05, 0) is 49.4 Å². The minimum Gasteiger partial charge on any atom is -0.457 e. The van der Waals surface area contributed by atoms with E-state index in [9.17, 15) is 0 Å². The summed E-state index contributed by atoms with van der Waals surface area (Å²) in [6, 6.07) is 16.0. The third-order valence-corrected chi connectivity index (χ3v) is 7.94. The highest BCUT2D eigenvalue weighted by Crippen LogP contribution is 2.42. The van der Waals surface area contributed by atoms with Gasteiger partial charge in [0.1, 0.15) is 42.8 Å². The molecule has 0 N–H and O–H groups in total. The van der Waals surface area contributed by atoms with Gasteiger partial charge in [0, 0.05) is 10.6 Å². The van der Waals surface area contributed by atoms with Crippen LogP contribution in [-0.4, -0.2) is 27.5 Å². The molecule has 2 heterocycles. The topological polar surface area (TPSA) is 106 Å². The Bertz CT molecular complexity index is 1600. The van der Waals surface area contributed by atoms with E-state index in [4.69, 9.17) is 94.3 Å². The molecule has 5 rings (SSSR count). The van der Waals surface area contributed by atoms with Crippen LogP contribution in [-0.2, 0) is 21.8 Å². The van der Waals surface area contributed by atoms with Crippen molar-refractivity contribution in [2.24, 2.45) is 0 Å². The van der Waals surface area contributed by atoms with Gasteiger partial charge in [0.05, 0.1) is 49.0 Å². The molecule has 0 spiro atoms. The molecule has 1 aliphatic rings. The largest absolute Gasteiger partial charge is 0.457 e. The average Bonchev–Trinajstić information content (AvgIpc) is 3.60. The summed E-state index contributed by atoms with van der Waals surface area (Å²) < 4.78 is 19.6. The van der Waals surface area contributed by atoms with Crippen molar-refractivity contribution >= 4 is 69.6 Å². The summed E-state index contributed by atoms with van der Waals surface area (Å²) in [6.45, 7) is 2.76. The van der Waals surface area contributed by atoms with Crippen molar-refractivity contribution in [2.45, 2.75) is 25.4 Å². The summed E-state index contributed by atoms with van der Waals surface area (Å²) in [5, 5.41) is 22.5. The molecule has 2 unspecified atom stereocenters. The van der Waals surface area contributed by atoms with Crippen LogP contribution in [0, 0.1) is 22.7 Å². The monoisotopic (exact) mass is 669 g/mol. The highest BCUT2D eigenvalue weighted by Gasteiger charge is 2.44. The number of hydrogen-bond acceptors (Lipinski definition) is 7. The minimum atomic E-state index is -1.02. The summed E-state index contributed by atoms with van der Waals surface area (Å²) in [4.78, 5) is 3.98. The minimum absolute atomic E-state index is 0.0363. The van der Waals surface area contributed by atoms with E-state index in [1.54, 1.807) is 53.5 Å². The van der Waals surface area contributed by atoms with Gasteiger partial charge in [0.2, 0.25) is 5.79 Å². The van der Waals surface area contributed by atoms with Gasteiger partial charge in [-0.2, -0.15) is 15.6 Å². The van der Waals surface area contributed by atoms with Crippen LogP contribution in [0.3, 0.4) is 0 Å². The first kappa shape index (κ1) is 31.2. The molecule has 0 aliphatic carbocycles. The van der Waals surface area contributed by atoms with E-state index >= 15 is 0 Å². The molecule has 2 atom stereocenters. The molecule has 4 aromatic rings. The van der Waals surface area contributed by atoms with Crippen LogP contribution in [0.4, 0.5) is 0 Å². The van der Waals surface area contributed by atoms with E-state index in [0.717, 1.165) is 0 Å². The van der Waals surface area contributed by atoms with Crippen LogP contribution >= 0.6 is 69.6 Å². The summed E-state index contributed by atoms with van der Waals surface area (Å²) in [5.41, 5.74) is 0.631. The molecule has 0 amide bonds. The molecule has 0 radical (unpaired) electrons. The van der Waals surface area contributed by atoms with Crippen molar-refractivity contribution in [2.75, 3.05) is 6.61 Å². The highest BCUT2D eigenvalue weighted by atomic mass is 35.5. The Morgan fingerprint density at radius 1 is 0.927 bits per heavy atom. The molecule has 0 saturated carbocycles. The van der Waals surface area contributed by atoms with E-state index in [2.05, 4.69) is 10.1 Å². The highest BCUT2D eigenvalue weighted by molar-refractivity contribution is 6.50. The molecule has 1 saturated heterocycles. The van der Waals surface area contributed by atoms with Crippen LogP contribution < -0.4 is 4.74 Å². The fourth-order valence-corrected chi connectivity index (χ4v) is 5.33. The van der Waals surface area contributed by atoms with Crippen LogP contribution in [0.2, 0.25) is 30.1 Å². The number of ether oxygens (including phenoxy) is 3. The number of rotatable bonds is 5. The number of hydrogen-bond donors (Lipinski definition) is 0. The summed E-state index contributed by atoms with van der Waals surface area (Å²) in [6.07, 6.45) is 3.02. The number of benzene rings is 3. The number of nitriles is 2. The van der Waals surface area contributed by atoms with Crippen LogP contribution in [0.25, 0.3) is 0 Å². The van der Waals surface area contributed by atoms with Gasteiger partial charge in [-0.1, -0.05) is 69.6 Å². The maximum Gasteiger partial charge on any atom is 0.217 e. The average molecular weight is 672 g/mol. The fraction of sp³-hybridized carbons (Fsp3) is 0.185. The molecular weight excluding hydrogens is 655 g/mol. The molecule has 1 aliphatic heterocycles. The normalized spacial score (nSPS) is 17.7. The molecule has 3 aromatic carbocycles. The van der Waals surface area contributed by atoms with Gasteiger partial charge in [-0.15, -0.1) is 0 Å². The smallest absolute Gasteiger partial charge is 0.217 e. The Hall–Kier alpha value is -2.76. The Balaban J connectivity index is 0.000000234. The molecule has 8 nitrogen and oxygen atoms in total. The Kier molecular flexibility index (Phi) is 10.3. The lowest BCUT2D eigenvalue weighted by atomic mass is 10.1. The van der Waals surface area contributed by atoms with E-state index in [1.807, 2.05) is 19.1 Å². The van der Waals surface area contributed by atoms with Gasteiger partial charge in [0.25, 0.3) is 0 Å². The predicted octanol–water partition coefficient (Wildman–Crippen LogP) is 8.71. The quantitative estimate of drug-likeness (QED) is 0.154. The molecule has 0 bridgehead atoms. The van der Waals surface area contributed by atoms with E-state index < -0.39 is 5.79 Å². The van der Waals surface area contributed by atoms with Gasteiger partial charge in [-0.3, -0.25) is 0 Å². The maximum absolute atomic E-state index is 8.70. The lowest BCUT2D eigenvalue weighted by molar-refractivity contribution is -0.186. The van der Waals surface area contributed by atoms with Crippen molar-refractivity contribution in [1.29, 1.82) is 10.5 Å². The second-order valence-corrected chi connectivity index (χ2v) is 10.9. The lowest BCUT2D eigenvalue weighted by Crippen LogP contribution is -2.34. The Morgan fingerprint density at radius 3 is 2.07 bits per heavy atom. The molecular formula is C27H17Cl6N5O3. The first-order valence-corrected chi connectivity index (χ1v) is 13.9. The van der Waals surface area contributed by atoms with Crippen molar-refractivity contribution < 1.29 is 14.2 Å². The van der Waals surface area contributed by atoms with E-state index in [-0.39, 0.29) is 37.3 Å². The SMILES string of the molecule is CC1COC(Cn2cncn2)(c2ccc(Oc3ccc(Cl)cc3)cc2Cl)O1.N#Cc1c(Cl)c(Cl)c(Cl)c(C#N)c1Cl. The van der Waals surface area contributed by atoms with E-state index in [0.29, 0.717) is 40.3 Å². The molecule has 41 heavy (non-hydrogen) atoms. The maximum atomic E-state index is 8.70. The number of nitrogens with zero attached hydrogens (tertiary/aromatic N) is 5. The van der Waals surface area contributed by atoms with Gasteiger partial charge in [0.15, 0.2) is 0 Å². The van der Waals surface area contributed by atoms with Gasteiger partial charge >= 0.3 is 0 Å². The second-order valence-electron chi connectivity index (χ2n) is 8.51. The summed E-state index contributed by atoms with van der Waals surface area (Å²) in [7, 11) is 0. The Morgan fingerprint density at radius 2 is 1.56 bits per heavy atom. The summed E-state index contributed by atoms with van der Waals surface area (Å²) in [5.74, 6) is 0.249. The van der Waals surface area contributed by atoms with Gasteiger partial charge in [-0.25, -0.2) is 9.67 Å². The van der Waals surface area contributed by atoms with Crippen molar-refractivity contribution in [1.82, 2.24) is 14.8 Å². The molecule has 14 heteroatoms. The molecule has 1 aromatic heterocycles. The zero-order valence-corrected chi connectivity index (χ0v) is 25.5. The van der Waals surface area contributed by atoms with Crippen molar-refractivity contribution in [3.05, 3.63) is 102 Å². The fourth-order valence-electron chi connectivity index (χ4n) is 3.82. The first-order valence-electron chi connectivity index (χ1n) is 11.6. The van der Waals surface area contributed by atoms with Crippen molar-refractivity contribution in [3.8, 4) is 23.6 Å². The zero-order chi connectivity index (χ0) is 29.7.